The van der Waals surface area contributed by atoms with E-state index < -0.39 is 0 Å². The summed E-state index contributed by atoms with van der Waals surface area (Å²) in [4.78, 5) is 17.0. The molecule has 0 saturated carbocycles. The molecule has 0 saturated heterocycles. The third-order valence-electron chi connectivity index (χ3n) is 1.71. The lowest BCUT2D eigenvalue weighted by molar-refractivity contribution is -0.126. The maximum absolute atomic E-state index is 11.3. The zero-order chi connectivity index (χ0) is 8.39. The Bertz CT molecular complexity index is 323. The second-order valence-corrected chi connectivity index (χ2v) is 2.53. The number of allylic oxidation sites excluding steroid dienone is 4. The molecule has 0 aromatic heterocycles. The third-order valence-corrected chi connectivity index (χ3v) is 1.71. The summed E-state index contributed by atoms with van der Waals surface area (Å²) < 4.78 is 0. The molecule has 0 bridgehead atoms. The molecule has 3 heteroatoms. The number of carbonyl (C=O) groups excluding carboxylic acids is 1. The highest BCUT2D eigenvalue weighted by Crippen LogP contribution is 2.15. The molecule has 0 fully saturated rings. The van der Waals surface area contributed by atoms with Crippen molar-refractivity contribution in [3.8, 4) is 0 Å². The summed E-state index contributed by atoms with van der Waals surface area (Å²) in [7, 11) is 0. The number of aliphatic imine (C=N–C) groups is 1. The quantitative estimate of drug-likeness (QED) is 0.524. The summed E-state index contributed by atoms with van der Waals surface area (Å²) in [5.74, 6) is 0.757. The summed E-state index contributed by atoms with van der Waals surface area (Å²) in [5.41, 5.74) is 0. The van der Waals surface area contributed by atoms with Gasteiger partial charge >= 0.3 is 0 Å². The molecule has 2 aliphatic heterocycles. The summed E-state index contributed by atoms with van der Waals surface area (Å²) in [6, 6.07) is 0. The molecule has 0 aromatic rings. The summed E-state index contributed by atoms with van der Waals surface area (Å²) in [5, 5.41) is 0. The molecule has 12 heavy (non-hydrogen) atoms. The van der Waals surface area contributed by atoms with Gasteiger partial charge in [0, 0.05) is 12.4 Å². The zero-order valence-electron chi connectivity index (χ0n) is 6.47. The van der Waals surface area contributed by atoms with Crippen LogP contribution in [-0.2, 0) is 4.79 Å². The Morgan fingerprint density at radius 1 is 1.33 bits per heavy atom. The van der Waals surface area contributed by atoms with Crippen LogP contribution in [-0.4, -0.2) is 17.0 Å². The van der Waals surface area contributed by atoms with Gasteiger partial charge in [-0.1, -0.05) is 12.2 Å². The number of fused-ring (bicyclic) bond motifs is 1. The van der Waals surface area contributed by atoms with E-state index in [0.29, 0.717) is 12.2 Å². The molecule has 0 spiro atoms. The van der Waals surface area contributed by atoms with Gasteiger partial charge in [0.1, 0.15) is 5.82 Å². The first-order valence-corrected chi connectivity index (χ1v) is 3.78. The Hall–Kier alpha value is -1.64. The highest BCUT2D eigenvalue weighted by Gasteiger charge is 2.17. The fourth-order valence-corrected chi connectivity index (χ4v) is 1.13. The van der Waals surface area contributed by atoms with E-state index in [4.69, 9.17) is 0 Å². The van der Waals surface area contributed by atoms with Crippen LogP contribution in [0.5, 0.6) is 0 Å². The smallest absolute Gasteiger partial charge is 0.237 e. The van der Waals surface area contributed by atoms with Gasteiger partial charge in [-0.25, -0.2) is 4.99 Å². The fraction of sp³-hybridized carbons (Fsp3) is 0.111. The van der Waals surface area contributed by atoms with Crippen molar-refractivity contribution >= 4 is 12.1 Å². The summed E-state index contributed by atoms with van der Waals surface area (Å²) >= 11 is 0. The van der Waals surface area contributed by atoms with Gasteiger partial charge in [-0.05, 0) is 12.2 Å². The molecule has 2 aliphatic rings. The molecule has 0 N–H and O–H groups in total. The van der Waals surface area contributed by atoms with Crippen LogP contribution in [0.25, 0.3) is 0 Å². The lowest BCUT2D eigenvalue weighted by atomic mass is 10.3. The predicted octanol–water partition coefficient (Wildman–Crippen LogP) is 1.21. The van der Waals surface area contributed by atoms with Crippen LogP contribution < -0.4 is 0 Å². The molecule has 0 aromatic carbocycles. The minimum atomic E-state index is 0.0659. The van der Waals surface area contributed by atoms with Crippen molar-refractivity contribution in [2.75, 3.05) is 0 Å². The van der Waals surface area contributed by atoms with E-state index in [1.165, 1.54) is 0 Å². The molecule has 1 amide bonds. The van der Waals surface area contributed by atoms with Crippen molar-refractivity contribution in [2.24, 2.45) is 4.99 Å². The Labute approximate surface area is 70.4 Å². The van der Waals surface area contributed by atoms with Gasteiger partial charge in [0.15, 0.2) is 0 Å². The largest absolute Gasteiger partial charge is 0.274 e. The SMILES string of the molecule is O=C1CC=NC2=CC=CC=CN12. The number of amides is 1. The van der Waals surface area contributed by atoms with Crippen LogP contribution in [0, 0.1) is 0 Å². The molecule has 0 radical (unpaired) electrons. The van der Waals surface area contributed by atoms with Crippen LogP contribution in [0.2, 0.25) is 0 Å². The van der Waals surface area contributed by atoms with Gasteiger partial charge in [0.2, 0.25) is 5.91 Å². The van der Waals surface area contributed by atoms with E-state index in [0.717, 1.165) is 0 Å². The number of carbonyl (C=O) groups is 1. The van der Waals surface area contributed by atoms with Crippen molar-refractivity contribution < 1.29 is 4.79 Å². The second-order valence-electron chi connectivity index (χ2n) is 2.53. The first-order valence-electron chi connectivity index (χ1n) is 3.78. The topological polar surface area (TPSA) is 32.7 Å². The lowest BCUT2D eigenvalue weighted by Gasteiger charge is -2.19. The molecule has 2 heterocycles. The van der Waals surface area contributed by atoms with Crippen LogP contribution >= 0.6 is 0 Å². The number of nitrogens with zero attached hydrogens (tertiary/aromatic N) is 2. The number of rotatable bonds is 0. The van der Waals surface area contributed by atoms with Crippen LogP contribution in [0.1, 0.15) is 6.42 Å². The standard InChI is InChI=1S/C9H8N2O/c12-9-5-6-10-8-4-2-1-3-7-11(8)9/h1-4,6-7H,5H2. The normalized spacial score (nSPS) is 20.5. The first-order chi connectivity index (χ1) is 5.88. The molecule has 3 nitrogen and oxygen atoms in total. The summed E-state index contributed by atoms with van der Waals surface area (Å²) in [6.07, 6.45) is 11.1. The van der Waals surface area contributed by atoms with Gasteiger partial charge in [0.05, 0.1) is 6.42 Å². The number of hydrogen-bond acceptors (Lipinski definition) is 2. The van der Waals surface area contributed by atoms with Gasteiger partial charge in [-0.3, -0.25) is 9.69 Å². The van der Waals surface area contributed by atoms with E-state index in [1.807, 2.05) is 24.3 Å². The number of hydrogen-bond donors (Lipinski definition) is 0. The molecular weight excluding hydrogens is 152 g/mol. The van der Waals surface area contributed by atoms with Gasteiger partial charge in [-0.2, -0.15) is 0 Å². The lowest BCUT2D eigenvalue weighted by Crippen LogP contribution is -2.27. The molecule has 60 valence electrons. The maximum Gasteiger partial charge on any atom is 0.237 e. The highest BCUT2D eigenvalue weighted by atomic mass is 16.2. The molecular formula is C9H8N2O. The van der Waals surface area contributed by atoms with E-state index in [9.17, 15) is 4.79 Å². The Morgan fingerprint density at radius 2 is 2.25 bits per heavy atom. The van der Waals surface area contributed by atoms with E-state index >= 15 is 0 Å². The summed E-state index contributed by atoms with van der Waals surface area (Å²) in [6.45, 7) is 0. The predicted molar refractivity (Wildman–Crippen MR) is 46.3 cm³/mol. The third kappa shape index (κ3) is 1.09. The van der Waals surface area contributed by atoms with Crippen LogP contribution in [0.15, 0.2) is 41.3 Å². The van der Waals surface area contributed by atoms with Crippen LogP contribution in [0.4, 0.5) is 0 Å². The van der Waals surface area contributed by atoms with Crippen molar-refractivity contribution in [3.63, 3.8) is 0 Å². The van der Waals surface area contributed by atoms with Crippen molar-refractivity contribution in [2.45, 2.75) is 6.42 Å². The average molecular weight is 160 g/mol. The van der Waals surface area contributed by atoms with Gasteiger partial charge < -0.3 is 0 Å². The zero-order valence-corrected chi connectivity index (χ0v) is 6.47. The van der Waals surface area contributed by atoms with E-state index in [1.54, 1.807) is 17.3 Å². The molecule has 0 atom stereocenters. The fourth-order valence-electron chi connectivity index (χ4n) is 1.13. The Balaban J connectivity index is 2.42. The molecule has 2 rings (SSSR count). The van der Waals surface area contributed by atoms with Crippen molar-refractivity contribution in [3.05, 3.63) is 36.3 Å². The van der Waals surface area contributed by atoms with Gasteiger partial charge in [-0.15, -0.1) is 0 Å². The van der Waals surface area contributed by atoms with Crippen LogP contribution in [0.3, 0.4) is 0 Å². The highest BCUT2D eigenvalue weighted by molar-refractivity contribution is 5.94. The Kier molecular flexibility index (Phi) is 1.63. The monoisotopic (exact) mass is 160 g/mol. The molecule has 0 aliphatic carbocycles. The van der Waals surface area contributed by atoms with Crippen molar-refractivity contribution in [1.82, 2.24) is 4.90 Å². The maximum atomic E-state index is 11.3. The molecule has 0 unspecified atom stereocenters. The Morgan fingerprint density at radius 3 is 3.17 bits per heavy atom. The second kappa shape index (κ2) is 2.77. The van der Waals surface area contributed by atoms with E-state index in [2.05, 4.69) is 4.99 Å². The minimum Gasteiger partial charge on any atom is -0.274 e. The van der Waals surface area contributed by atoms with Gasteiger partial charge in [0.25, 0.3) is 0 Å². The van der Waals surface area contributed by atoms with E-state index in [-0.39, 0.29) is 5.91 Å². The van der Waals surface area contributed by atoms with Crippen molar-refractivity contribution in [1.29, 1.82) is 0 Å². The average Bonchev–Trinajstić information content (AvgIpc) is 2.30. The first kappa shape index (κ1) is 7.03. The minimum absolute atomic E-state index is 0.0659.